The van der Waals surface area contributed by atoms with E-state index in [1.807, 2.05) is 6.92 Å². The molecule has 0 N–H and O–H groups in total. The molecule has 1 fully saturated rings. The van der Waals surface area contributed by atoms with Gasteiger partial charge in [-0.1, -0.05) is 24.0 Å². The van der Waals surface area contributed by atoms with Crippen LogP contribution in [0.1, 0.15) is 6.92 Å². The Morgan fingerprint density at radius 1 is 1.75 bits per heavy atom. The van der Waals surface area contributed by atoms with Gasteiger partial charge in [0.1, 0.15) is 15.5 Å². The summed E-state index contributed by atoms with van der Waals surface area (Å²) in [5.41, 5.74) is 0. The zero-order valence-corrected chi connectivity index (χ0v) is 8.50. The van der Waals surface area contributed by atoms with Gasteiger partial charge in [0.2, 0.25) is 0 Å². The van der Waals surface area contributed by atoms with E-state index in [0.717, 1.165) is 0 Å². The SMILES string of the molecule is CCOC=C1SC(=S)N(C)C1=O. The first kappa shape index (κ1) is 9.54. The quantitative estimate of drug-likeness (QED) is 0.385. The van der Waals surface area contributed by atoms with Gasteiger partial charge in [-0.3, -0.25) is 9.69 Å². The van der Waals surface area contributed by atoms with Crippen molar-refractivity contribution in [3.63, 3.8) is 0 Å². The second-order valence-corrected chi connectivity index (χ2v) is 3.85. The van der Waals surface area contributed by atoms with Crippen molar-refractivity contribution in [2.75, 3.05) is 13.7 Å². The van der Waals surface area contributed by atoms with Crippen LogP contribution in [0.15, 0.2) is 11.2 Å². The smallest absolute Gasteiger partial charge is 0.269 e. The number of hydrogen-bond donors (Lipinski definition) is 0. The lowest BCUT2D eigenvalue weighted by Gasteiger charge is -2.03. The lowest BCUT2D eigenvalue weighted by molar-refractivity contribution is -0.121. The van der Waals surface area contributed by atoms with Gasteiger partial charge in [-0.2, -0.15) is 0 Å². The Balaban J connectivity index is 2.71. The van der Waals surface area contributed by atoms with Crippen LogP contribution in [-0.4, -0.2) is 28.8 Å². The zero-order chi connectivity index (χ0) is 9.14. The van der Waals surface area contributed by atoms with E-state index in [4.69, 9.17) is 17.0 Å². The summed E-state index contributed by atoms with van der Waals surface area (Å²) in [5.74, 6) is -0.0848. The molecule has 1 aliphatic rings. The minimum absolute atomic E-state index is 0.0848. The van der Waals surface area contributed by atoms with E-state index < -0.39 is 0 Å². The van der Waals surface area contributed by atoms with Crippen molar-refractivity contribution in [3.8, 4) is 0 Å². The maximum Gasteiger partial charge on any atom is 0.269 e. The maximum absolute atomic E-state index is 11.3. The van der Waals surface area contributed by atoms with Gasteiger partial charge in [0, 0.05) is 7.05 Å². The van der Waals surface area contributed by atoms with Crippen LogP contribution in [0.3, 0.4) is 0 Å². The summed E-state index contributed by atoms with van der Waals surface area (Å²) in [6.07, 6.45) is 1.46. The van der Waals surface area contributed by atoms with Gasteiger partial charge in [0.05, 0.1) is 6.61 Å². The Hall–Kier alpha value is -0.550. The Labute approximate surface area is 80.8 Å². The van der Waals surface area contributed by atoms with Crippen LogP contribution in [0, 0.1) is 0 Å². The Morgan fingerprint density at radius 2 is 2.42 bits per heavy atom. The maximum atomic E-state index is 11.3. The predicted molar refractivity (Wildman–Crippen MR) is 52.7 cm³/mol. The molecule has 66 valence electrons. The van der Waals surface area contributed by atoms with Crippen LogP contribution in [-0.2, 0) is 9.53 Å². The molecule has 0 spiro atoms. The molecule has 1 saturated heterocycles. The fourth-order valence-corrected chi connectivity index (χ4v) is 1.79. The number of rotatable bonds is 2. The molecule has 0 aliphatic carbocycles. The van der Waals surface area contributed by atoms with Crippen LogP contribution >= 0.6 is 24.0 Å². The fraction of sp³-hybridized carbons (Fsp3) is 0.429. The third-order valence-electron chi connectivity index (χ3n) is 1.34. The summed E-state index contributed by atoms with van der Waals surface area (Å²) in [5, 5.41) is 0. The molecule has 0 atom stereocenters. The van der Waals surface area contributed by atoms with Crippen molar-refractivity contribution in [2.45, 2.75) is 6.92 Å². The highest BCUT2D eigenvalue weighted by Gasteiger charge is 2.28. The number of likely N-dealkylation sites (N-methyl/N-ethyl adjacent to an activating group) is 1. The Kier molecular flexibility index (Phi) is 3.11. The molecule has 0 saturated carbocycles. The number of ether oxygens (including phenoxy) is 1. The normalized spacial score (nSPS) is 20.8. The van der Waals surface area contributed by atoms with E-state index in [-0.39, 0.29) is 5.91 Å². The van der Waals surface area contributed by atoms with Crippen molar-refractivity contribution < 1.29 is 9.53 Å². The van der Waals surface area contributed by atoms with E-state index in [1.54, 1.807) is 7.05 Å². The average molecular weight is 203 g/mol. The molecule has 5 heteroatoms. The number of carbonyl (C=O) groups excluding carboxylic acids is 1. The number of carbonyl (C=O) groups is 1. The third kappa shape index (κ3) is 1.78. The van der Waals surface area contributed by atoms with Gasteiger partial charge in [-0.25, -0.2) is 0 Å². The van der Waals surface area contributed by atoms with Crippen molar-refractivity contribution in [3.05, 3.63) is 11.2 Å². The molecular weight excluding hydrogens is 194 g/mol. The number of thiocarbonyl (C=S) groups is 1. The average Bonchev–Trinajstić information content (AvgIpc) is 2.30. The minimum Gasteiger partial charge on any atom is -0.500 e. The van der Waals surface area contributed by atoms with Gasteiger partial charge < -0.3 is 4.74 Å². The minimum atomic E-state index is -0.0848. The van der Waals surface area contributed by atoms with Crippen molar-refractivity contribution in [1.29, 1.82) is 0 Å². The van der Waals surface area contributed by atoms with Gasteiger partial charge in [-0.05, 0) is 6.92 Å². The standard InChI is InChI=1S/C7H9NO2S2/c1-3-10-4-5-6(9)8(2)7(11)12-5/h4H,3H2,1-2H3. The van der Waals surface area contributed by atoms with E-state index in [9.17, 15) is 4.79 Å². The van der Waals surface area contributed by atoms with Gasteiger partial charge >= 0.3 is 0 Å². The van der Waals surface area contributed by atoms with E-state index in [2.05, 4.69) is 0 Å². The fourth-order valence-electron chi connectivity index (χ4n) is 0.688. The third-order valence-corrected chi connectivity index (χ3v) is 2.81. The molecular formula is C7H9NO2S2. The first-order chi connectivity index (χ1) is 5.66. The highest BCUT2D eigenvalue weighted by atomic mass is 32.2. The Morgan fingerprint density at radius 3 is 2.83 bits per heavy atom. The first-order valence-electron chi connectivity index (χ1n) is 3.48. The molecule has 1 heterocycles. The number of hydrogen-bond acceptors (Lipinski definition) is 4. The molecule has 0 aromatic rings. The second kappa shape index (κ2) is 3.91. The van der Waals surface area contributed by atoms with Crippen molar-refractivity contribution in [1.82, 2.24) is 4.90 Å². The second-order valence-electron chi connectivity index (χ2n) is 2.17. The molecule has 1 aliphatic heterocycles. The number of thioether (sulfide) groups is 1. The molecule has 0 unspecified atom stereocenters. The van der Waals surface area contributed by atoms with E-state index in [0.29, 0.717) is 15.8 Å². The molecule has 3 nitrogen and oxygen atoms in total. The van der Waals surface area contributed by atoms with Crippen LogP contribution in [0.4, 0.5) is 0 Å². The van der Waals surface area contributed by atoms with Gasteiger partial charge in [-0.15, -0.1) is 0 Å². The lowest BCUT2D eigenvalue weighted by Crippen LogP contribution is -2.22. The molecule has 12 heavy (non-hydrogen) atoms. The van der Waals surface area contributed by atoms with Crippen molar-refractivity contribution in [2.24, 2.45) is 0 Å². The van der Waals surface area contributed by atoms with E-state index in [1.165, 1.54) is 22.9 Å². The monoisotopic (exact) mass is 203 g/mol. The van der Waals surface area contributed by atoms with Crippen LogP contribution < -0.4 is 0 Å². The highest BCUT2D eigenvalue weighted by Crippen LogP contribution is 2.29. The summed E-state index contributed by atoms with van der Waals surface area (Å²) in [6, 6.07) is 0. The first-order valence-corrected chi connectivity index (χ1v) is 4.71. The molecule has 1 amide bonds. The topological polar surface area (TPSA) is 29.5 Å². The summed E-state index contributed by atoms with van der Waals surface area (Å²) >= 11 is 6.18. The largest absolute Gasteiger partial charge is 0.500 e. The summed E-state index contributed by atoms with van der Waals surface area (Å²) in [6.45, 7) is 2.43. The lowest BCUT2D eigenvalue weighted by atomic mass is 10.5. The molecule has 0 aromatic heterocycles. The Bertz CT molecular complexity index is 250. The summed E-state index contributed by atoms with van der Waals surface area (Å²) in [7, 11) is 1.66. The predicted octanol–water partition coefficient (Wildman–Crippen LogP) is 1.35. The van der Waals surface area contributed by atoms with Crippen molar-refractivity contribution >= 4 is 34.2 Å². The van der Waals surface area contributed by atoms with E-state index >= 15 is 0 Å². The van der Waals surface area contributed by atoms with Crippen LogP contribution in [0.5, 0.6) is 0 Å². The highest BCUT2D eigenvalue weighted by molar-refractivity contribution is 8.26. The summed E-state index contributed by atoms with van der Waals surface area (Å²) < 4.78 is 5.57. The van der Waals surface area contributed by atoms with Crippen LogP contribution in [0.25, 0.3) is 0 Å². The molecule has 1 rings (SSSR count). The zero-order valence-electron chi connectivity index (χ0n) is 6.86. The number of nitrogens with zero attached hydrogens (tertiary/aromatic N) is 1. The van der Waals surface area contributed by atoms with Crippen LogP contribution in [0.2, 0.25) is 0 Å². The van der Waals surface area contributed by atoms with Gasteiger partial charge in [0.15, 0.2) is 0 Å². The molecule has 0 radical (unpaired) electrons. The summed E-state index contributed by atoms with van der Waals surface area (Å²) in [4.78, 5) is 13.3. The van der Waals surface area contributed by atoms with Gasteiger partial charge in [0.25, 0.3) is 5.91 Å². The number of amides is 1. The molecule has 0 bridgehead atoms. The molecule has 0 aromatic carbocycles.